The molecule has 0 N–H and O–H groups in total. The molecule has 0 spiro atoms. The molecule has 3 aliphatic heterocycles. The Bertz CT molecular complexity index is 557. The number of amides is 1. The van der Waals surface area contributed by atoms with Crippen LogP contribution in [0.3, 0.4) is 0 Å². The quantitative estimate of drug-likeness (QED) is 0.792. The topological polar surface area (TPSA) is 36.4 Å². The SMILES string of the molecule is CSc1nc(C(=O)N2C[C@@H]3CC[C@H](C2)N(CC2CC2)C3)cs1. The van der Waals surface area contributed by atoms with Gasteiger partial charge < -0.3 is 4.90 Å². The summed E-state index contributed by atoms with van der Waals surface area (Å²) in [7, 11) is 0. The number of carbonyl (C=O) groups is 1. The Morgan fingerprint density at radius 1 is 1.32 bits per heavy atom. The molecule has 2 bridgehead atoms. The first kappa shape index (κ1) is 15.0. The van der Waals surface area contributed by atoms with E-state index < -0.39 is 0 Å². The van der Waals surface area contributed by atoms with E-state index in [9.17, 15) is 4.79 Å². The van der Waals surface area contributed by atoms with Crippen LogP contribution in [0.25, 0.3) is 0 Å². The summed E-state index contributed by atoms with van der Waals surface area (Å²) in [6, 6.07) is 0.571. The van der Waals surface area contributed by atoms with Gasteiger partial charge in [0, 0.05) is 37.6 Å². The Balaban J connectivity index is 1.47. The molecule has 0 aromatic carbocycles. The van der Waals surface area contributed by atoms with Crippen molar-refractivity contribution in [3.8, 4) is 0 Å². The van der Waals surface area contributed by atoms with Gasteiger partial charge in [-0.25, -0.2) is 4.98 Å². The van der Waals surface area contributed by atoms with Gasteiger partial charge in [-0.2, -0.15) is 0 Å². The van der Waals surface area contributed by atoms with Crippen LogP contribution in [0.4, 0.5) is 0 Å². The summed E-state index contributed by atoms with van der Waals surface area (Å²) in [6.07, 6.45) is 7.37. The lowest BCUT2D eigenvalue weighted by atomic mass is 9.95. The summed E-state index contributed by atoms with van der Waals surface area (Å²) in [6.45, 7) is 4.27. The summed E-state index contributed by atoms with van der Waals surface area (Å²) < 4.78 is 0.983. The monoisotopic (exact) mass is 337 g/mol. The molecule has 6 heteroatoms. The molecular formula is C16H23N3OS2. The number of piperidine rings is 1. The second-order valence-corrected chi connectivity index (χ2v) is 8.82. The Kier molecular flexibility index (Phi) is 4.17. The third-order valence-electron chi connectivity index (χ3n) is 5.18. The zero-order valence-corrected chi connectivity index (χ0v) is 14.7. The molecule has 4 nitrogen and oxygen atoms in total. The Morgan fingerprint density at radius 2 is 2.18 bits per heavy atom. The Labute approximate surface area is 140 Å². The van der Waals surface area contributed by atoms with Gasteiger partial charge in [-0.15, -0.1) is 11.3 Å². The smallest absolute Gasteiger partial charge is 0.273 e. The third kappa shape index (κ3) is 3.05. The molecule has 4 heterocycles. The van der Waals surface area contributed by atoms with Crippen LogP contribution in [0, 0.1) is 11.8 Å². The first-order valence-corrected chi connectivity index (χ1v) is 10.4. The highest BCUT2D eigenvalue weighted by Gasteiger charge is 2.38. The normalized spacial score (nSPS) is 28.9. The summed E-state index contributed by atoms with van der Waals surface area (Å²) in [5.74, 6) is 1.73. The molecule has 0 radical (unpaired) electrons. The van der Waals surface area contributed by atoms with Crippen molar-refractivity contribution >= 4 is 29.0 Å². The first-order valence-electron chi connectivity index (χ1n) is 8.25. The van der Waals surface area contributed by atoms with E-state index in [0.29, 0.717) is 17.7 Å². The van der Waals surface area contributed by atoms with Crippen LogP contribution in [-0.2, 0) is 0 Å². The highest BCUT2D eigenvalue weighted by Crippen LogP contribution is 2.35. The average Bonchev–Trinajstić information content (AvgIpc) is 3.28. The molecule has 1 saturated carbocycles. The first-order chi connectivity index (χ1) is 10.7. The predicted octanol–water partition coefficient (Wildman–Crippen LogP) is 2.81. The van der Waals surface area contributed by atoms with Crippen molar-refractivity contribution in [2.24, 2.45) is 11.8 Å². The largest absolute Gasteiger partial charge is 0.335 e. The van der Waals surface area contributed by atoms with Gasteiger partial charge in [0.15, 0.2) is 0 Å². The molecule has 2 atom stereocenters. The van der Waals surface area contributed by atoms with Crippen molar-refractivity contribution in [1.29, 1.82) is 0 Å². The maximum atomic E-state index is 12.8. The minimum absolute atomic E-state index is 0.140. The van der Waals surface area contributed by atoms with E-state index in [4.69, 9.17) is 0 Å². The van der Waals surface area contributed by atoms with Crippen LogP contribution in [0.1, 0.15) is 36.2 Å². The van der Waals surface area contributed by atoms with Crippen LogP contribution in [-0.4, -0.2) is 59.2 Å². The number of fused-ring (bicyclic) bond motifs is 4. The molecule has 4 fully saturated rings. The van der Waals surface area contributed by atoms with E-state index in [1.54, 1.807) is 23.1 Å². The molecule has 1 aromatic rings. The van der Waals surface area contributed by atoms with Gasteiger partial charge in [-0.3, -0.25) is 9.69 Å². The van der Waals surface area contributed by atoms with Crippen molar-refractivity contribution in [1.82, 2.24) is 14.8 Å². The fourth-order valence-corrected chi connectivity index (χ4v) is 5.05. The number of rotatable bonds is 4. The van der Waals surface area contributed by atoms with Gasteiger partial charge in [0.05, 0.1) is 0 Å². The molecule has 22 heavy (non-hydrogen) atoms. The minimum atomic E-state index is 0.140. The molecule has 4 aliphatic rings. The van der Waals surface area contributed by atoms with Crippen LogP contribution in [0.15, 0.2) is 9.72 Å². The fourth-order valence-electron chi connectivity index (χ4n) is 3.81. The standard InChI is InChI=1S/C16H23N3OS2/c1-21-16-17-14(10-22-16)15(20)19-8-12-4-5-13(9-19)18(7-12)6-11-2-3-11/h10-13H,2-9H2,1H3/t12-,13-/m1/s1. The Morgan fingerprint density at radius 3 is 2.91 bits per heavy atom. The van der Waals surface area contributed by atoms with Crippen molar-refractivity contribution in [2.75, 3.05) is 32.4 Å². The predicted molar refractivity (Wildman–Crippen MR) is 90.6 cm³/mol. The molecule has 1 amide bonds. The zero-order chi connectivity index (χ0) is 15.1. The van der Waals surface area contributed by atoms with Gasteiger partial charge in [0.1, 0.15) is 10.0 Å². The number of hydrogen-bond acceptors (Lipinski definition) is 5. The van der Waals surface area contributed by atoms with E-state index in [1.165, 1.54) is 38.8 Å². The summed E-state index contributed by atoms with van der Waals surface area (Å²) in [4.78, 5) is 22.0. The van der Waals surface area contributed by atoms with Gasteiger partial charge in [0.25, 0.3) is 5.91 Å². The highest BCUT2D eigenvalue weighted by molar-refractivity contribution is 8.00. The van der Waals surface area contributed by atoms with Crippen molar-refractivity contribution in [2.45, 2.75) is 36.1 Å². The van der Waals surface area contributed by atoms with Gasteiger partial charge in [-0.1, -0.05) is 11.8 Å². The molecule has 0 unspecified atom stereocenters. The maximum absolute atomic E-state index is 12.8. The molecule has 120 valence electrons. The maximum Gasteiger partial charge on any atom is 0.273 e. The van der Waals surface area contributed by atoms with Crippen LogP contribution >= 0.6 is 23.1 Å². The third-order valence-corrected chi connectivity index (χ3v) is 7.04. The van der Waals surface area contributed by atoms with Gasteiger partial charge >= 0.3 is 0 Å². The van der Waals surface area contributed by atoms with E-state index >= 15 is 0 Å². The second kappa shape index (κ2) is 6.13. The fraction of sp³-hybridized carbons (Fsp3) is 0.750. The van der Waals surface area contributed by atoms with E-state index in [-0.39, 0.29) is 5.91 Å². The number of thioether (sulfide) groups is 1. The summed E-state index contributed by atoms with van der Waals surface area (Å²) in [5.41, 5.74) is 0.643. The minimum Gasteiger partial charge on any atom is -0.335 e. The van der Waals surface area contributed by atoms with E-state index in [0.717, 1.165) is 23.3 Å². The molecule has 5 rings (SSSR count). The van der Waals surface area contributed by atoms with E-state index in [2.05, 4.69) is 14.8 Å². The molecule has 3 saturated heterocycles. The Hall–Kier alpha value is -0.590. The number of thiazole rings is 1. The summed E-state index contributed by atoms with van der Waals surface area (Å²) >= 11 is 3.19. The van der Waals surface area contributed by atoms with Gasteiger partial charge in [-0.05, 0) is 43.8 Å². The molecule has 1 aromatic heterocycles. The zero-order valence-electron chi connectivity index (χ0n) is 13.0. The van der Waals surface area contributed by atoms with Crippen LogP contribution in [0.2, 0.25) is 0 Å². The number of hydrogen-bond donors (Lipinski definition) is 0. The number of aromatic nitrogens is 1. The lowest BCUT2D eigenvalue weighted by Crippen LogP contribution is -2.45. The van der Waals surface area contributed by atoms with Crippen molar-refractivity contribution in [3.63, 3.8) is 0 Å². The van der Waals surface area contributed by atoms with Crippen LogP contribution in [0.5, 0.6) is 0 Å². The lowest BCUT2D eigenvalue weighted by molar-refractivity contribution is 0.0731. The summed E-state index contributed by atoms with van der Waals surface area (Å²) in [5, 5.41) is 1.92. The number of carbonyl (C=O) groups excluding carboxylic acids is 1. The highest BCUT2D eigenvalue weighted by atomic mass is 32.2. The van der Waals surface area contributed by atoms with Crippen LogP contribution < -0.4 is 0 Å². The molecule has 1 aliphatic carbocycles. The average molecular weight is 338 g/mol. The van der Waals surface area contributed by atoms with E-state index in [1.807, 2.05) is 11.6 Å². The second-order valence-electron chi connectivity index (χ2n) is 6.91. The number of nitrogens with zero attached hydrogens (tertiary/aromatic N) is 3. The molecular weight excluding hydrogens is 314 g/mol. The lowest BCUT2D eigenvalue weighted by Gasteiger charge is -2.36. The van der Waals surface area contributed by atoms with Crippen molar-refractivity contribution in [3.05, 3.63) is 11.1 Å². The van der Waals surface area contributed by atoms with Crippen molar-refractivity contribution < 1.29 is 4.79 Å². The van der Waals surface area contributed by atoms with Gasteiger partial charge in [0.2, 0.25) is 0 Å².